The van der Waals surface area contributed by atoms with Crippen molar-refractivity contribution in [1.82, 2.24) is 4.90 Å². The molecule has 0 aliphatic carbocycles. The molecule has 1 aliphatic rings. The molecule has 1 aliphatic heterocycles. The molecule has 1 aromatic carbocycles. The van der Waals surface area contributed by atoms with Gasteiger partial charge in [0.25, 0.3) is 0 Å². The van der Waals surface area contributed by atoms with Crippen LogP contribution in [0.4, 0.5) is 0 Å². The maximum Gasteiger partial charge on any atom is 0.0236 e. The number of likely N-dealkylation sites (N-methyl/N-ethyl adjacent to an activating group) is 1. The summed E-state index contributed by atoms with van der Waals surface area (Å²) in [6.07, 6.45) is 1.18. The van der Waals surface area contributed by atoms with E-state index in [-0.39, 0.29) is 0 Å². The molecule has 0 aromatic heterocycles. The average Bonchev–Trinajstić information content (AvgIpc) is 2.27. The van der Waals surface area contributed by atoms with Crippen molar-refractivity contribution >= 4 is 0 Å². The number of nitrogens with two attached hydrogens (primary N) is 1. The minimum absolute atomic E-state index is 0.478. The lowest BCUT2D eigenvalue weighted by molar-refractivity contribution is 0.311. The van der Waals surface area contributed by atoms with E-state index in [0.29, 0.717) is 5.92 Å². The van der Waals surface area contributed by atoms with Crippen LogP contribution < -0.4 is 5.73 Å². The molecule has 82 valence electrons. The Morgan fingerprint density at radius 3 is 3.00 bits per heavy atom. The smallest absolute Gasteiger partial charge is 0.0236 e. The summed E-state index contributed by atoms with van der Waals surface area (Å²) in [5, 5.41) is 0. The monoisotopic (exact) mass is 204 g/mol. The zero-order valence-corrected chi connectivity index (χ0v) is 9.66. The molecule has 0 spiro atoms. The lowest BCUT2D eigenvalue weighted by Crippen LogP contribution is -2.28. The van der Waals surface area contributed by atoms with E-state index >= 15 is 0 Å². The van der Waals surface area contributed by atoms with Gasteiger partial charge in [0.15, 0.2) is 0 Å². The van der Waals surface area contributed by atoms with Gasteiger partial charge in [-0.2, -0.15) is 0 Å². The quantitative estimate of drug-likeness (QED) is 0.795. The number of hydrogen-bond acceptors (Lipinski definition) is 2. The minimum atomic E-state index is 0.478. The van der Waals surface area contributed by atoms with E-state index in [4.69, 9.17) is 5.73 Å². The Morgan fingerprint density at radius 1 is 1.47 bits per heavy atom. The van der Waals surface area contributed by atoms with Gasteiger partial charge in [0, 0.05) is 13.1 Å². The van der Waals surface area contributed by atoms with Gasteiger partial charge in [-0.25, -0.2) is 0 Å². The minimum Gasteiger partial charge on any atom is -0.330 e. The third-order valence-electron chi connectivity index (χ3n) is 3.38. The predicted molar refractivity (Wildman–Crippen MR) is 63.9 cm³/mol. The number of rotatable bonds is 2. The van der Waals surface area contributed by atoms with E-state index < -0.39 is 0 Å². The van der Waals surface area contributed by atoms with E-state index in [9.17, 15) is 0 Å². The molecule has 0 amide bonds. The van der Waals surface area contributed by atoms with Crippen LogP contribution >= 0.6 is 0 Å². The van der Waals surface area contributed by atoms with Crippen molar-refractivity contribution in [3.8, 4) is 0 Å². The molecule has 1 unspecified atom stereocenters. The maximum atomic E-state index is 5.76. The highest BCUT2D eigenvalue weighted by molar-refractivity contribution is 5.39. The zero-order chi connectivity index (χ0) is 10.8. The summed E-state index contributed by atoms with van der Waals surface area (Å²) in [7, 11) is 2.19. The first-order valence-electron chi connectivity index (χ1n) is 5.71. The lowest BCUT2D eigenvalue weighted by atomic mass is 9.89. The first-order valence-corrected chi connectivity index (χ1v) is 5.71. The third-order valence-corrected chi connectivity index (χ3v) is 3.38. The highest BCUT2D eigenvalue weighted by Gasteiger charge is 2.18. The second-order valence-electron chi connectivity index (χ2n) is 4.61. The van der Waals surface area contributed by atoms with Crippen molar-refractivity contribution in [2.24, 2.45) is 5.73 Å². The Morgan fingerprint density at radius 2 is 2.27 bits per heavy atom. The van der Waals surface area contributed by atoms with Crippen molar-refractivity contribution < 1.29 is 0 Å². The molecular formula is C13H20N2. The first kappa shape index (κ1) is 10.7. The number of benzene rings is 1. The summed E-state index contributed by atoms with van der Waals surface area (Å²) in [6, 6.07) is 6.66. The van der Waals surface area contributed by atoms with Crippen LogP contribution in [0.25, 0.3) is 0 Å². The molecule has 2 rings (SSSR count). The molecular weight excluding hydrogens is 184 g/mol. The van der Waals surface area contributed by atoms with Gasteiger partial charge in [-0.15, -0.1) is 0 Å². The van der Waals surface area contributed by atoms with E-state index in [1.165, 1.54) is 29.7 Å². The molecule has 1 heterocycles. The first-order chi connectivity index (χ1) is 7.22. The number of nitrogens with zero attached hydrogens (tertiary/aromatic N) is 1. The molecule has 15 heavy (non-hydrogen) atoms. The zero-order valence-electron chi connectivity index (χ0n) is 9.66. The lowest BCUT2D eigenvalue weighted by Gasteiger charge is -2.28. The van der Waals surface area contributed by atoms with Crippen molar-refractivity contribution in [3.63, 3.8) is 0 Å². The van der Waals surface area contributed by atoms with Gasteiger partial charge in [0.2, 0.25) is 0 Å². The summed E-state index contributed by atoms with van der Waals surface area (Å²) in [5.41, 5.74) is 10.2. The van der Waals surface area contributed by atoms with Crippen LogP contribution in [0.15, 0.2) is 18.2 Å². The van der Waals surface area contributed by atoms with E-state index in [0.717, 1.165) is 13.1 Å². The van der Waals surface area contributed by atoms with Crippen LogP contribution in [-0.2, 0) is 13.0 Å². The van der Waals surface area contributed by atoms with Crippen LogP contribution in [-0.4, -0.2) is 25.0 Å². The summed E-state index contributed by atoms with van der Waals surface area (Å²) in [6.45, 7) is 5.20. The largest absolute Gasteiger partial charge is 0.330 e. The summed E-state index contributed by atoms with van der Waals surface area (Å²) in [4.78, 5) is 2.38. The molecule has 0 bridgehead atoms. The van der Waals surface area contributed by atoms with Crippen LogP contribution in [0.3, 0.4) is 0 Å². The fraction of sp³-hybridized carbons (Fsp3) is 0.538. The van der Waals surface area contributed by atoms with Crippen LogP contribution in [0.2, 0.25) is 0 Å². The van der Waals surface area contributed by atoms with Gasteiger partial charge in [-0.1, -0.05) is 25.1 Å². The fourth-order valence-corrected chi connectivity index (χ4v) is 2.33. The van der Waals surface area contributed by atoms with Gasteiger partial charge in [0.05, 0.1) is 0 Å². The molecule has 1 atom stereocenters. The standard InChI is InChI=1S/C13H20N2/c1-10(8-14)12-5-3-4-11-6-7-15(2)9-13(11)12/h3-5,10H,6-9,14H2,1-2H3. The van der Waals surface area contributed by atoms with Gasteiger partial charge in [-0.3, -0.25) is 0 Å². The van der Waals surface area contributed by atoms with Crippen molar-refractivity contribution in [2.45, 2.75) is 25.8 Å². The Kier molecular flexibility index (Phi) is 3.08. The van der Waals surface area contributed by atoms with Gasteiger partial charge < -0.3 is 10.6 Å². The predicted octanol–water partition coefficient (Wildman–Crippen LogP) is 1.74. The van der Waals surface area contributed by atoms with Crippen LogP contribution in [0.5, 0.6) is 0 Å². The van der Waals surface area contributed by atoms with Crippen molar-refractivity contribution in [2.75, 3.05) is 20.1 Å². The molecule has 1 aromatic rings. The maximum absolute atomic E-state index is 5.76. The molecule has 0 fully saturated rings. The van der Waals surface area contributed by atoms with E-state index in [1.807, 2.05) is 0 Å². The highest BCUT2D eigenvalue weighted by Crippen LogP contribution is 2.26. The second kappa shape index (κ2) is 4.33. The summed E-state index contributed by atoms with van der Waals surface area (Å²) < 4.78 is 0. The van der Waals surface area contributed by atoms with Gasteiger partial charge >= 0.3 is 0 Å². The fourth-order valence-electron chi connectivity index (χ4n) is 2.33. The topological polar surface area (TPSA) is 29.3 Å². The van der Waals surface area contributed by atoms with E-state index in [2.05, 4.69) is 37.1 Å². The molecule has 0 saturated carbocycles. The van der Waals surface area contributed by atoms with E-state index in [1.54, 1.807) is 0 Å². The Hall–Kier alpha value is -0.860. The molecule has 0 radical (unpaired) electrons. The number of hydrogen-bond donors (Lipinski definition) is 1. The SMILES string of the molecule is CC(CN)c1cccc2c1CN(C)CC2. The third kappa shape index (κ3) is 2.06. The number of fused-ring (bicyclic) bond motifs is 1. The van der Waals surface area contributed by atoms with Crippen LogP contribution in [0.1, 0.15) is 29.5 Å². The normalized spacial score (nSPS) is 18.6. The van der Waals surface area contributed by atoms with Gasteiger partial charge in [0.1, 0.15) is 0 Å². The van der Waals surface area contributed by atoms with Gasteiger partial charge in [-0.05, 0) is 42.6 Å². The van der Waals surface area contributed by atoms with Crippen molar-refractivity contribution in [3.05, 3.63) is 34.9 Å². The Labute approximate surface area is 92.1 Å². The van der Waals surface area contributed by atoms with Crippen LogP contribution in [0, 0.1) is 0 Å². The summed E-state index contributed by atoms with van der Waals surface area (Å²) in [5.74, 6) is 0.478. The van der Waals surface area contributed by atoms with Crippen molar-refractivity contribution in [1.29, 1.82) is 0 Å². The highest BCUT2D eigenvalue weighted by atomic mass is 15.1. The molecule has 2 N–H and O–H groups in total. The second-order valence-corrected chi connectivity index (χ2v) is 4.61. The summed E-state index contributed by atoms with van der Waals surface area (Å²) >= 11 is 0. The molecule has 0 saturated heterocycles. The molecule has 2 nitrogen and oxygen atoms in total. The Balaban J connectivity index is 2.39. The average molecular weight is 204 g/mol. The molecule has 2 heteroatoms. The Bertz CT molecular complexity index is 346.